The summed E-state index contributed by atoms with van der Waals surface area (Å²) >= 11 is 12.5. The molecule has 4 nitrogen and oxygen atoms in total. The van der Waals surface area contributed by atoms with Crippen LogP contribution in [0.25, 0.3) is 0 Å². The lowest BCUT2D eigenvalue weighted by Gasteiger charge is -2.47. The Kier molecular flexibility index (Phi) is 8.38. The van der Waals surface area contributed by atoms with E-state index in [4.69, 9.17) is 23.2 Å². The minimum Gasteiger partial charge on any atom is -0.355 e. The number of benzene rings is 2. The summed E-state index contributed by atoms with van der Waals surface area (Å²) in [4.78, 5) is 28.6. The summed E-state index contributed by atoms with van der Waals surface area (Å²) in [5.41, 5.74) is 2.00. The molecule has 32 heavy (non-hydrogen) atoms. The third-order valence-corrected chi connectivity index (χ3v) is 6.63. The topological polar surface area (TPSA) is 49.4 Å². The molecule has 2 aromatic carbocycles. The third-order valence-electron chi connectivity index (χ3n) is 6.14. The molecule has 0 aromatic heterocycles. The van der Waals surface area contributed by atoms with Crippen molar-refractivity contribution in [1.29, 1.82) is 0 Å². The highest BCUT2D eigenvalue weighted by atomic mass is 35.5. The first-order valence-electron chi connectivity index (χ1n) is 11.1. The zero-order valence-corrected chi connectivity index (χ0v) is 20.1. The van der Waals surface area contributed by atoms with E-state index >= 15 is 0 Å². The molecule has 2 amide bonds. The van der Waals surface area contributed by atoms with Crippen LogP contribution in [0.3, 0.4) is 0 Å². The summed E-state index contributed by atoms with van der Waals surface area (Å²) in [6.07, 6.45) is 3.52. The van der Waals surface area contributed by atoms with Crippen molar-refractivity contribution < 1.29 is 9.59 Å². The molecule has 0 spiro atoms. The maximum Gasteiger partial charge on any atom is 0.242 e. The molecule has 0 saturated carbocycles. The Morgan fingerprint density at radius 1 is 1.16 bits per heavy atom. The summed E-state index contributed by atoms with van der Waals surface area (Å²) in [5.74, 6) is -0.419. The van der Waals surface area contributed by atoms with E-state index in [0.29, 0.717) is 35.9 Å². The van der Waals surface area contributed by atoms with E-state index in [1.54, 1.807) is 11.0 Å². The molecule has 4 atom stereocenters. The maximum absolute atomic E-state index is 13.8. The van der Waals surface area contributed by atoms with Crippen LogP contribution in [-0.4, -0.2) is 29.3 Å². The predicted octanol–water partition coefficient (Wildman–Crippen LogP) is 6.16. The van der Waals surface area contributed by atoms with Crippen molar-refractivity contribution in [2.45, 2.75) is 51.1 Å². The van der Waals surface area contributed by atoms with E-state index < -0.39 is 6.04 Å². The van der Waals surface area contributed by atoms with Gasteiger partial charge in [-0.2, -0.15) is 0 Å². The number of piperidine rings is 1. The van der Waals surface area contributed by atoms with Crippen LogP contribution in [0.15, 0.2) is 61.2 Å². The quantitative estimate of drug-likeness (QED) is 0.467. The molecule has 1 heterocycles. The summed E-state index contributed by atoms with van der Waals surface area (Å²) in [5, 5.41) is 4.19. The summed E-state index contributed by atoms with van der Waals surface area (Å²) in [7, 11) is 0. The standard InChI is InChI=1S/C26H30Cl2N2O2/c1-4-8-19-16-22(18-9-7-10-21(28)15-18)24(17-11-13-20(27)14-12-17)30(26(19)32)23(5-2)25(31)29-6-3/h4,7,9-15,19,22-24H,1,5-6,8,16H2,2-3H3,(H,29,31)/t19-,22+,23-,24+/m0/s1. The zero-order valence-electron chi connectivity index (χ0n) is 18.6. The Labute approximate surface area is 200 Å². The molecular weight excluding hydrogens is 443 g/mol. The fourth-order valence-electron chi connectivity index (χ4n) is 4.73. The predicted molar refractivity (Wildman–Crippen MR) is 131 cm³/mol. The van der Waals surface area contributed by atoms with Crippen molar-refractivity contribution in [1.82, 2.24) is 10.2 Å². The number of hydrogen-bond acceptors (Lipinski definition) is 2. The molecule has 0 radical (unpaired) electrons. The van der Waals surface area contributed by atoms with Gasteiger partial charge in [-0.1, -0.05) is 60.5 Å². The summed E-state index contributed by atoms with van der Waals surface area (Å²) in [6, 6.07) is 14.5. The van der Waals surface area contributed by atoms with Gasteiger partial charge in [0.25, 0.3) is 0 Å². The van der Waals surface area contributed by atoms with Crippen LogP contribution in [0, 0.1) is 5.92 Å². The van der Waals surface area contributed by atoms with Crippen LogP contribution in [-0.2, 0) is 9.59 Å². The molecule has 1 N–H and O–H groups in total. The van der Waals surface area contributed by atoms with E-state index in [-0.39, 0.29) is 29.7 Å². The van der Waals surface area contributed by atoms with E-state index in [0.717, 1.165) is 11.1 Å². The van der Waals surface area contributed by atoms with Gasteiger partial charge in [-0.15, -0.1) is 6.58 Å². The SMILES string of the molecule is C=CC[C@H]1C[C@H](c2cccc(Cl)c2)[C@@H](c2ccc(Cl)cc2)N([C@@H](CC)C(=O)NCC)C1=O. The number of rotatable bonds is 8. The summed E-state index contributed by atoms with van der Waals surface area (Å²) < 4.78 is 0. The van der Waals surface area contributed by atoms with E-state index in [1.165, 1.54) is 0 Å². The van der Waals surface area contributed by atoms with Gasteiger partial charge in [0, 0.05) is 28.4 Å². The molecule has 1 fully saturated rings. The van der Waals surface area contributed by atoms with Gasteiger partial charge in [0.15, 0.2) is 0 Å². The van der Waals surface area contributed by atoms with Gasteiger partial charge in [-0.3, -0.25) is 9.59 Å². The average Bonchev–Trinajstić information content (AvgIpc) is 2.77. The third kappa shape index (κ3) is 5.19. The number of likely N-dealkylation sites (tertiary alicyclic amines) is 1. The van der Waals surface area contributed by atoms with Gasteiger partial charge in [0.1, 0.15) is 6.04 Å². The number of nitrogens with zero attached hydrogens (tertiary/aromatic N) is 1. The van der Waals surface area contributed by atoms with Gasteiger partial charge in [-0.05, 0) is 61.6 Å². The number of hydrogen-bond donors (Lipinski definition) is 1. The molecule has 0 bridgehead atoms. The molecule has 2 aromatic rings. The van der Waals surface area contributed by atoms with E-state index in [9.17, 15) is 9.59 Å². The van der Waals surface area contributed by atoms with Crippen LogP contribution in [0.5, 0.6) is 0 Å². The molecule has 170 valence electrons. The van der Waals surface area contributed by atoms with Gasteiger partial charge in [0.05, 0.1) is 6.04 Å². The molecule has 0 aliphatic carbocycles. The zero-order chi connectivity index (χ0) is 23.3. The van der Waals surface area contributed by atoms with Crippen LogP contribution in [0.1, 0.15) is 56.2 Å². The average molecular weight is 473 g/mol. The van der Waals surface area contributed by atoms with Gasteiger partial charge < -0.3 is 10.2 Å². The number of halogens is 2. The molecular formula is C26H30Cl2N2O2. The lowest BCUT2D eigenvalue weighted by molar-refractivity contribution is -0.152. The fourth-order valence-corrected chi connectivity index (χ4v) is 5.06. The normalized spacial score (nSPS) is 21.8. The number of amides is 2. The minimum absolute atomic E-state index is 0.0127. The highest BCUT2D eigenvalue weighted by Gasteiger charge is 2.46. The van der Waals surface area contributed by atoms with Crippen molar-refractivity contribution in [2.75, 3.05) is 6.54 Å². The highest BCUT2D eigenvalue weighted by molar-refractivity contribution is 6.30. The Hall–Kier alpha value is -2.30. The molecule has 0 unspecified atom stereocenters. The number of allylic oxidation sites excluding steroid dienone is 1. The van der Waals surface area contributed by atoms with Crippen molar-refractivity contribution in [3.63, 3.8) is 0 Å². The smallest absolute Gasteiger partial charge is 0.242 e. The van der Waals surface area contributed by atoms with Crippen LogP contribution >= 0.6 is 23.2 Å². The molecule has 1 aliphatic heterocycles. The Morgan fingerprint density at radius 3 is 2.47 bits per heavy atom. The maximum atomic E-state index is 13.8. The molecule has 1 aliphatic rings. The van der Waals surface area contributed by atoms with E-state index in [1.807, 2.05) is 62.4 Å². The first-order valence-corrected chi connectivity index (χ1v) is 11.9. The minimum atomic E-state index is -0.572. The van der Waals surface area contributed by atoms with Crippen molar-refractivity contribution in [3.8, 4) is 0 Å². The number of likely N-dealkylation sites (N-methyl/N-ethyl adjacent to an activating group) is 1. The van der Waals surface area contributed by atoms with Gasteiger partial charge in [0.2, 0.25) is 11.8 Å². The molecule has 1 saturated heterocycles. The second-order valence-electron chi connectivity index (χ2n) is 8.18. The van der Waals surface area contributed by atoms with Crippen molar-refractivity contribution in [3.05, 3.63) is 82.4 Å². The van der Waals surface area contributed by atoms with Gasteiger partial charge in [-0.25, -0.2) is 0 Å². The van der Waals surface area contributed by atoms with Crippen LogP contribution in [0.4, 0.5) is 0 Å². The Bertz CT molecular complexity index is 961. The Morgan fingerprint density at radius 2 is 1.88 bits per heavy atom. The van der Waals surface area contributed by atoms with Crippen LogP contribution < -0.4 is 5.32 Å². The van der Waals surface area contributed by atoms with Crippen molar-refractivity contribution in [2.24, 2.45) is 5.92 Å². The lowest BCUT2D eigenvalue weighted by Crippen LogP contribution is -2.56. The second kappa shape index (κ2) is 11.0. The first-order chi connectivity index (χ1) is 15.4. The number of carbonyl (C=O) groups excluding carboxylic acids is 2. The largest absolute Gasteiger partial charge is 0.355 e. The lowest BCUT2D eigenvalue weighted by atomic mass is 9.74. The molecule has 3 rings (SSSR count). The Balaban J connectivity index is 2.19. The number of carbonyl (C=O) groups is 2. The van der Waals surface area contributed by atoms with Gasteiger partial charge >= 0.3 is 0 Å². The fraction of sp³-hybridized carbons (Fsp3) is 0.385. The number of nitrogens with one attached hydrogen (secondary N) is 1. The highest BCUT2D eigenvalue weighted by Crippen LogP contribution is 2.47. The van der Waals surface area contributed by atoms with E-state index in [2.05, 4.69) is 11.9 Å². The molecule has 6 heteroatoms. The second-order valence-corrected chi connectivity index (χ2v) is 9.05. The van der Waals surface area contributed by atoms with Crippen molar-refractivity contribution >= 4 is 35.0 Å². The summed E-state index contributed by atoms with van der Waals surface area (Å²) in [6.45, 7) is 8.19. The first kappa shape index (κ1) is 24.3. The van der Waals surface area contributed by atoms with Crippen LogP contribution in [0.2, 0.25) is 10.0 Å². The monoisotopic (exact) mass is 472 g/mol.